The number of halogens is 1. The van der Waals surface area contributed by atoms with Gasteiger partial charge in [0.1, 0.15) is 0 Å². The molecule has 0 aliphatic rings. The summed E-state index contributed by atoms with van der Waals surface area (Å²) >= 11 is 1.66. The van der Waals surface area contributed by atoms with Gasteiger partial charge in [0.2, 0.25) is 5.91 Å². The number of carbonyl (C=O) groups excluding carboxylic acids is 1. The number of nitrogens with two attached hydrogens (primary N) is 1. The van der Waals surface area contributed by atoms with Crippen LogP contribution in [0.4, 0.5) is 0 Å². The van der Waals surface area contributed by atoms with Crippen molar-refractivity contribution in [2.24, 2.45) is 5.73 Å². The first kappa shape index (κ1) is 14.4. The van der Waals surface area contributed by atoms with Crippen LogP contribution in [0.5, 0.6) is 0 Å². The summed E-state index contributed by atoms with van der Waals surface area (Å²) in [5.74, 6) is 0.0147. The van der Waals surface area contributed by atoms with Crippen LogP contribution in [-0.2, 0) is 11.3 Å². The Morgan fingerprint density at radius 3 is 2.73 bits per heavy atom. The molecule has 1 unspecified atom stereocenters. The fourth-order valence-electron chi connectivity index (χ4n) is 1.22. The highest BCUT2D eigenvalue weighted by molar-refractivity contribution is 7.09. The van der Waals surface area contributed by atoms with Crippen LogP contribution < -0.4 is 5.73 Å². The van der Waals surface area contributed by atoms with Gasteiger partial charge in [-0.2, -0.15) is 0 Å². The lowest BCUT2D eigenvalue weighted by molar-refractivity contribution is -0.132. The smallest absolute Gasteiger partial charge is 0.239 e. The average Bonchev–Trinajstić information content (AvgIpc) is 2.65. The summed E-state index contributed by atoms with van der Waals surface area (Å²) in [5.41, 5.74) is 5.55. The van der Waals surface area contributed by atoms with Crippen molar-refractivity contribution in [3.05, 3.63) is 22.4 Å². The molecule has 0 aliphatic heterocycles. The van der Waals surface area contributed by atoms with E-state index in [4.69, 9.17) is 5.73 Å². The largest absolute Gasteiger partial charge is 0.336 e. The number of carbonyl (C=O) groups is 1. The van der Waals surface area contributed by atoms with Gasteiger partial charge in [0.15, 0.2) is 0 Å². The highest BCUT2D eigenvalue weighted by Gasteiger charge is 2.15. The molecule has 0 fully saturated rings. The Labute approximate surface area is 101 Å². The summed E-state index contributed by atoms with van der Waals surface area (Å²) < 4.78 is 0. The summed E-state index contributed by atoms with van der Waals surface area (Å²) in [4.78, 5) is 14.6. The molecule has 1 aromatic heterocycles. The van der Waals surface area contributed by atoms with E-state index in [1.807, 2.05) is 24.4 Å². The van der Waals surface area contributed by atoms with Gasteiger partial charge in [-0.05, 0) is 25.3 Å². The minimum absolute atomic E-state index is 0. The van der Waals surface area contributed by atoms with Crippen molar-refractivity contribution in [1.29, 1.82) is 0 Å². The lowest BCUT2D eigenvalue weighted by atomic mass is 10.3. The molecule has 0 saturated carbocycles. The molecule has 1 heterocycles. The SMILES string of the molecule is CCN(Cc1cccs1)C(=O)C(C)N.Cl. The van der Waals surface area contributed by atoms with Crippen molar-refractivity contribution in [3.63, 3.8) is 0 Å². The zero-order chi connectivity index (χ0) is 10.6. The van der Waals surface area contributed by atoms with Gasteiger partial charge in [-0.25, -0.2) is 0 Å². The van der Waals surface area contributed by atoms with Crippen LogP contribution in [0.15, 0.2) is 17.5 Å². The Bertz CT molecular complexity index is 288. The van der Waals surface area contributed by atoms with Gasteiger partial charge in [-0.15, -0.1) is 23.7 Å². The summed E-state index contributed by atoms with van der Waals surface area (Å²) in [5, 5.41) is 2.01. The van der Waals surface area contributed by atoms with Crippen molar-refractivity contribution in [2.75, 3.05) is 6.54 Å². The van der Waals surface area contributed by atoms with Gasteiger partial charge < -0.3 is 10.6 Å². The molecule has 2 N–H and O–H groups in total. The Kier molecular flexibility index (Phi) is 6.56. The number of hydrogen-bond donors (Lipinski definition) is 1. The second kappa shape index (κ2) is 6.82. The van der Waals surface area contributed by atoms with Gasteiger partial charge in [0, 0.05) is 11.4 Å². The van der Waals surface area contributed by atoms with E-state index in [0.29, 0.717) is 13.1 Å². The standard InChI is InChI=1S/C10H16N2OS.ClH/c1-3-12(10(13)8(2)11)7-9-5-4-6-14-9;/h4-6,8H,3,7,11H2,1-2H3;1H. The van der Waals surface area contributed by atoms with E-state index in [1.165, 1.54) is 4.88 Å². The Balaban J connectivity index is 0.00000196. The van der Waals surface area contributed by atoms with Crippen molar-refractivity contribution >= 4 is 29.7 Å². The molecule has 86 valence electrons. The lowest BCUT2D eigenvalue weighted by Crippen LogP contribution is -2.41. The first-order valence-electron chi connectivity index (χ1n) is 4.72. The summed E-state index contributed by atoms with van der Waals surface area (Å²) in [6.45, 7) is 5.07. The molecule has 15 heavy (non-hydrogen) atoms. The number of rotatable bonds is 4. The molecule has 3 nitrogen and oxygen atoms in total. The van der Waals surface area contributed by atoms with Gasteiger partial charge >= 0.3 is 0 Å². The normalized spacial score (nSPS) is 11.7. The third-order valence-corrected chi connectivity index (χ3v) is 2.87. The molecule has 0 bridgehead atoms. The molecule has 0 saturated heterocycles. The molecule has 1 aromatic rings. The van der Waals surface area contributed by atoms with E-state index >= 15 is 0 Å². The van der Waals surface area contributed by atoms with Gasteiger partial charge in [-0.1, -0.05) is 6.07 Å². The fourth-order valence-corrected chi connectivity index (χ4v) is 1.94. The van der Waals surface area contributed by atoms with E-state index in [9.17, 15) is 4.79 Å². The molecule has 1 amide bonds. The van der Waals surface area contributed by atoms with Crippen LogP contribution in [0, 0.1) is 0 Å². The van der Waals surface area contributed by atoms with Crippen molar-refractivity contribution in [3.8, 4) is 0 Å². The quantitative estimate of drug-likeness (QED) is 0.884. The molecule has 0 aromatic carbocycles. The summed E-state index contributed by atoms with van der Waals surface area (Å²) in [6.07, 6.45) is 0. The number of likely N-dealkylation sites (N-methyl/N-ethyl adjacent to an activating group) is 1. The Hall–Kier alpha value is -0.580. The first-order chi connectivity index (χ1) is 6.65. The number of amides is 1. The third-order valence-electron chi connectivity index (χ3n) is 2.01. The molecule has 0 spiro atoms. The number of hydrogen-bond acceptors (Lipinski definition) is 3. The predicted octanol–water partition coefficient (Wildman–Crippen LogP) is 1.87. The monoisotopic (exact) mass is 248 g/mol. The maximum atomic E-state index is 11.6. The van der Waals surface area contributed by atoms with Crippen LogP contribution >= 0.6 is 23.7 Å². The minimum Gasteiger partial charge on any atom is -0.336 e. The van der Waals surface area contributed by atoms with Crippen LogP contribution in [0.1, 0.15) is 18.7 Å². The zero-order valence-electron chi connectivity index (χ0n) is 8.97. The second-order valence-corrected chi connectivity index (χ2v) is 4.25. The van der Waals surface area contributed by atoms with E-state index in [2.05, 4.69) is 0 Å². The molecule has 0 aliphatic carbocycles. The maximum Gasteiger partial charge on any atom is 0.239 e. The Morgan fingerprint density at radius 1 is 1.67 bits per heavy atom. The molecular formula is C10H17ClN2OS. The second-order valence-electron chi connectivity index (χ2n) is 3.22. The van der Waals surface area contributed by atoms with E-state index in [0.717, 1.165) is 0 Å². The molecule has 1 atom stereocenters. The van der Waals surface area contributed by atoms with Gasteiger partial charge in [-0.3, -0.25) is 4.79 Å². The van der Waals surface area contributed by atoms with Crippen molar-refractivity contribution in [1.82, 2.24) is 4.90 Å². The summed E-state index contributed by atoms with van der Waals surface area (Å²) in [6, 6.07) is 3.61. The first-order valence-corrected chi connectivity index (χ1v) is 5.60. The van der Waals surface area contributed by atoms with Gasteiger partial charge in [0.05, 0.1) is 12.6 Å². The van der Waals surface area contributed by atoms with E-state index in [-0.39, 0.29) is 18.3 Å². The average molecular weight is 249 g/mol. The van der Waals surface area contributed by atoms with Crippen molar-refractivity contribution in [2.45, 2.75) is 26.4 Å². The predicted molar refractivity (Wildman–Crippen MR) is 66.3 cm³/mol. The van der Waals surface area contributed by atoms with E-state index < -0.39 is 6.04 Å². The van der Waals surface area contributed by atoms with Crippen molar-refractivity contribution < 1.29 is 4.79 Å². The summed E-state index contributed by atoms with van der Waals surface area (Å²) in [7, 11) is 0. The minimum atomic E-state index is -0.407. The van der Waals surface area contributed by atoms with Gasteiger partial charge in [0.25, 0.3) is 0 Å². The molecular weight excluding hydrogens is 232 g/mol. The Morgan fingerprint density at radius 2 is 2.33 bits per heavy atom. The third kappa shape index (κ3) is 4.20. The number of thiophene rings is 1. The van der Waals surface area contributed by atoms with Crippen LogP contribution in [-0.4, -0.2) is 23.4 Å². The number of nitrogens with zero attached hydrogens (tertiary/aromatic N) is 1. The van der Waals surface area contributed by atoms with E-state index in [1.54, 1.807) is 23.2 Å². The highest BCUT2D eigenvalue weighted by atomic mass is 35.5. The maximum absolute atomic E-state index is 11.6. The zero-order valence-corrected chi connectivity index (χ0v) is 10.6. The molecule has 1 rings (SSSR count). The molecule has 5 heteroatoms. The molecule has 0 radical (unpaired) electrons. The lowest BCUT2D eigenvalue weighted by Gasteiger charge is -2.21. The fraction of sp³-hybridized carbons (Fsp3) is 0.500. The highest BCUT2D eigenvalue weighted by Crippen LogP contribution is 2.12. The topological polar surface area (TPSA) is 46.3 Å². The van der Waals surface area contributed by atoms with Crippen LogP contribution in [0.3, 0.4) is 0 Å². The van der Waals surface area contributed by atoms with Crippen LogP contribution in [0.2, 0.25) is 0 Å². The van der Waals surface area contributed by atoms with Crippen LogP contribution in [0.25, 0.3) is 0 Å².